The number of nitriles is 1. The van der Waals surface area contributed by atoms with Crippen molar-refractivity contribution in [3.05, 3.63) is 23.9 Å². The van der Waals surface area contributed by atoms with Crippen molar-refractivity contribution < 1.29 is 0 Å². The van der Waals surface area contributed by atoms with Gasteiger partial charge in [0.2, 0.25) is 0 Å². The third kappa shape index (κ3) is 1.90. The molecule has 14 heavy (non-hydrogen) atoms. The van der Waals surface area contributed by atoms with E-state index in [9.17, 15) is 0 Å². The Morgan fingerprint density at radius 1 is 1.14 bits per heavy atom. The summed E-state index contributed by atoms with van der Waals surface area (Å²) < 4.78 is 0. The van der Waals surface area contributed by atoms with Gasteiger partial charge >= 0.3 is 0 Å². The standard InChI is InChI=1S/C11H15N3/c12-10-13-6-8-14(9-7-13)11-4-2-1-3-5-11/h2,4-5H,1,3,6-9H2. The van der Waals surface area contributed by atoms with Gasteiger partial charge in [0.1, 0.15) is 0 Å². The molecule has 0 N–H and O–H groups in total. The van der Waals surface area contributed by atoms with Gasteiger partial charge < -0.3 is 9.80 Å². The maximum Gasteiger partial charge on any atom is 0.179 e. The highest BCUT2D eigenvalue weighted by Crippen LogP contribution is 2.15. The lowest BCUT2D eigenvalue weighted by molar-refractivity contribution is 0.215. The molecule has 1 heterocycles. The van der Waals surface area contributed by atoms with E-state index in [1.807, 2.05) is 4.90 Å². The maximum absolute atomic E-state index is 8.72. The van der Waals surface area contributed by atoms with Gasteiger partial charge in [-0.05, 0) is 18.9 Å². The van der Waals surface area contributed by atoms with E-state index in [1.165, 1.54) is 12.1 Å². The lowest BCUT2D eigenvalue weighted by Crippen LogP contribution is -2.43. The van der Waals surface area contributed by atoms with Gasteiger partial charge in [-0.3, -0.25) is 0 Å². The Morgan fingerprint density at radius 3 is 2.50 bits per heavy atom. The molecule has 0 aromatic carbocycles. The molecule has 74 valence electrons. The molecule has 2 rings (SSSR count). The van der Waals surface area contributed by atoms with Crippen LogP contribution in [0.5, 0.6) is 0 Å². The second kappa shape index (κ2) is 4.19. The minimum absolute atomic E-state index is 0.863. The Bertz CT molecular complexity index is 290. The zero-order valence-corrected chi connectivity index (χ0v) is 8.32. The Labute approximate surface area is 84.9 Å². The summed E-state index contributed by atoms with van der Waals surface area (Å²) in [6.07, 6.45) is 11.2. The fourth-order valence-corrected chi connectivity index (χ4v) is 1.90. The number of nitrogens with zero attached hydrogens (tertiary/aromatic N) is 3. The minimum Gasteiger partial charge on any atom is -0.368 e. The highest BCUT2D eigenvalue weighted by molar-refractivity contribution is 5.21. The van der Waals surface area contributed by atoms with E-state index < -0.39 is 0 Å². The van der Waals surface area contributed by atoms with Crippen LogP contribution in [-0.2, 0) is 0 Å². The van der Waals surface area contributed by atoms with E-state index in [-0.39, 0.29) is 0 Å². The highest BCUT2D eigenvalue weighted by atomic mass is 15.3. The summed E-state index contributed by atoms with van der Waals surface area (Å²) in [7, 11) is 0. The van der Waals surface area contributed by atoms with Gasteiger partial charge in [0.25, 0.3) is 0 Å². The molecule has 1 aliphatic heterocycles. The minimum atomic E-state index is 0.863. The molecule has 3 nitrogen and oxygen atoms in total. The first-order valence-corrected chi connectivity index (χ1v) is 5.16. The van der Waals surface area contributed by atoms with Crippen LogP contribution in [0.1, 0.15) is 12.8 Å². The van der Waals surface area contributed by atoms with Crippen LogP contribution in [0.25, 0.3) is 0 Å². The molecule has 0 spiro atoms. The van der Waals surface area contributed by atoms with Crippen molar-refractivity contribution in [2.45, 2.75) is 12.8 Å². The highest BCUT2D eigenvalue weighted by Gasteiger charge is 2.16. The van der Waals surface area contributed by atoms with Crippen molar-refractivity contribution in [2.75, 3.05) is 26.2 Å². The fourth-order valence-electron chi connectivity index (χ4n) is 1.90. The molecular formula is C11H15N3. The summed E-state index contributed by atoms with van der Waals surface area (Å²) in [5.41, 5.74) is 1.34. The molecule has 0 aromatic heterocycles. The number of hydrogen-bond donors (Lipinski definition) is 0. The molecule has 0 amide bonds. The molecule has 0 atom stereocenters. The number of piperazine rings is 1. The Morgan fingerprint density at radius 2 is 1.93 bits per heavy atom. The largest absolute Gasteiger partial charge is 0.368 e. The predicted molar refractivity (Wildman–Crippen MR) is 55.2 cm³/mol. The SMILES string of the molecule is N#CN1CCN(C2=CCCC=C2)CC1. The molecule has 0 aromatic rings. The van der Waals surface area contributed by atoms with Crippen LogP contribution in [0, 0.1) is 11.5 Å². The molecule has 2 aliphatic rings. The van der Waals surface area contributed by atoms with Gasteiger partial charge in [-0.15, -0.1) is 0 Å². The van der Waals surface area contributed by atoms with Crippen LogP contribution in [0.3, 0.4) is 0 Å². The van der Waals surface area contributed by atoms with E-state index in [2.05, 4.69) is 29.3 Å². The van der Waals surface area contributed by atoms with Crippen LogP contribution in [0.2, 0.25) is 0 Å². The third-order valence-corrected chi connectivity index (χ3v) is 2.76. The van der Waals surface area contributed by atoms with Crippen LogP contribution in [0.4, 0.5) is 0 Å². The fraction of sp³-hybridized carbons (Fsp3) is 0.545. The molecule has 1 saturated heterocycles. The predicted octanol–water partition coefficient (Wildman–Crippen LogP) is 1.32. The van der Waals surface area contributed by atoms with Gasteiger partial charge in [0.15, 0.2) is 6.19 Å². The summed E-state index contributed by atoms with van der Waals surface area (Å²) in [5.74, 6) is 0. The molecule has 3 heteroatoms. The summed E-state index contributed by atoms with van der Waals surface area (Å²) in [4.78, 5) is 4.19. The quantitative estimate of drug-likeness (QED) is 0.583. The Kier molecular flexibility index (Phi) is 2.73. The Hall–Kier alpha value is -1.43. The topological polar surface area (TPSA) is 30.3 Å². The van der Waals surface area contributed by atoms with Crippen LogP contribution in [0.15, 0.2) is 23.9 Å². The van der Waals surface area contributed by atoms with Gasteiger partial charge in [-0.25, -0.2) is 0 Å². The van der Waals surface area contributed by atoms with Crippen molar-refractivity contribution >= 4 is 0 Å². The van der Waals surface area contributed by atoms with Gasteiger partial charge in [0.05, 0.1) is 0 Å². The second-order valence-electron chi connectivity index (χ2n) is 3.68. The maximum atomic E-state index is 8.72. The van der Waals surface area contributed by atoms with Crippen LogP contribution in [-0.4, -0.2) is 36.0 Å². The zero-order chi connectivity index (χ0) is 9.80. The summed E-state index contributed by atoms with van der Waals surface area (Å²) in [5, 5.41) is 8.72. The molecule has 0 unspecified atom stereocenters. The van der Waals surface area contributed by atoms with E-state index in [4.69, 9.17) is 5.26 Å². The summed E-state index contributed by atoms with van der Waals surface area (Å²) in [6, 6.07) is 0. The first-order chi connectivity index (χ1) is 6.90. The van der Waals surface area contributed by atoms with E-state index in [1.54, 1.807) is 0 Å². The molecule has 1 fully saturated rings. The lowest BCUT2D eigenvalue weighted by Gasteiger charge is -2.34. The van der Waals surface area contributed by atoms with E-state index in [0.29, 0.717) is 0 Å². The number of allylic oxidation sites excluding steroid dienone is 3. The van der Waals surface area contributed by atoms with Gasteiger partial charge in [-0.2, -0.15) is 5.26 Å². The third-order valence-electron chi connectivity index (χ3n) is 2.76. The van der Waals surface area contributed by atoms with E-state index >= 15 is 0 Å². The first kappa shape index (κ1) is 9.14. The molecule has 1 aliphatic carbocycles. The molecule has 0 bridgehead atoms. The second-order valence-corrected chi connectivity index (χ2v) is 3.68. The summed E-state index contributed by atoms with van der Waals surface area (Å²) >= 11 is 0. The van der Waals surface area contributed by atoms with Crippen molar-refractivity contribution in [3.8, 4) is 6.19 Å². The van der Waals surface area contributed by atoms with Crippen molar-refractivity contribution in [3.63, 3.8) is 0 Å². The molecule has 0 saturated carbocycles. The van der Waals surface area contributed by atoms with Crippen molar-refractivity contribution in [1.29, 1.82) is 5.26 Å². The zero-order valence-electron chi connectivity index (χ0n) is 8.32. The van der Waals surface area contributed by atoms with Gasteiger partial charge in [0, 0.05) is 31.9 Å². The monoisotopic (exact) mass is 189 g/mol. The average molecular weight is 189 g/mol. The van der Waals surface area contributed by atoms with Crippen molar-refractivity contribution in [1.82, 2.24) is 9.80 Å². The normalized spacial score (nSPS) is 21.8. The molecule has 0 radical (unpaired) electrons. The van der Waals surface area contributed by atoms with Crippen LogP contribution < -0.4 is 0 Å². The first-order valence-electron chi connectivity index (χ1n) is 5.16. The lowest BCUT2D eigenvalue weighted by atomic mass is 10.1. The van der Waals surface area contributed by atoms with E-state index in [0.717, 1.165) is 32.6 Å². The Balaban J connectivity index is 1.92. The summed E-state index contributed by atoms with van der Waals surface area (Å²) in [6.45, 7) is 3.68. The number of hydrogen-bond acceptors (Lipinski definition) is 3. The number of rotatable bonds is 1. The van der Waals surface area contributed by atoms with Crippen LogP contribution >= 0.6 is 0 Å². The average Bonchev–Trinajstić information content (AvgIpc) is 2.30. The smallest absolute Gasteiger partial charge is 0.179 e. The molecular weight excluding hydrogens is 174 g/mol. The van der Waals surface area contributed by atoms with Gasteiger partial charge in [-0.1, -0.05) is 12.2 Å². The van der Waals surface area contributed by atoms with Crippen molar-refractivity contribution in [2.24, 2.45) is 0 Å².